The van der Waals surface area contributed by atoms with E-state index in [0.717, 1.165) is 11.1 Å². The van der Waals surface area contributed by atoms with E-state index in [4.69, 9.17) is 10.5 Å². The summed E-state index contributed by atoms with van der Waals surface area (Å²) < 4.78 is 18.7. The molecule has 1 heterocycles. The van der Waals surface area contributed by atoms with Gasteiger partial charge in [0.1, 0.15) is 11.4 Å². The van der Waals surface area contributed by atoms with Crippen LogP contribution < -0.4 is 5.73 Å². The fourth-order valence-corrected chi connectivity index (χ4v) is 2.85. The number of aryl methyl sites for hydroxylation is 1. The maximum Gasteiger partial charge on any atom is 0.410 e. The lowest BCUT2D eigenvalue weighted by Crippen LogP contribution is -2.49. The first-order valence-electron chi connectivity index (χ1n) is 7.67. The van der Waals surface area contributed by atoms with Crippen LogP contribution >= 0.6 is 0 Å². The number of carbonyl (C=O) groups is 1. The van der Waals surface area contributed by atoms with Gasteiger partial charge in [0, 0.05) is 25.0 Å². The van der Waals surface area contributed by atoms with E-state index in [1.54, 1.807) is 11.0 Å². The molecule has 2 rings (SSSR count). The Bertz CT molecular complexity index is 554. The van der Waals surface area contributed by atoms with Crippen LogP contribution in [-0.4, -0.2) is 35.7 Å². The lowest BCUT2D eigenvalue weighted by Gasteiger charge is -2.38. The summed E-state index contributed by atoms with van der Waals surface area (Å²) in [6.07, 6.45) is 0.393. The average molecular weight is 308 g/mol. The number of nitrogens with two attached hydrogens (primary N) is 1. The van der Waals surface area contributed by atoms with Crippen molar-refractivity contribution in [2.24, 2.45) is 5.73 Å². The van der Waals surface area contributed by atoms with Crippen molar-refractivity contribution in [2.75, 3.05) is 13.1 Å². The van der Waals surface area contributed by atoms with Gasteiger partial charge in [-0.05, 0) is 57.4 Å². The molecule has 0 aromatic heterocycles. The minimum atomic E-state index is -0.516. The summed E-state index contributed by atoms with van der Waals surface area (Å²) in [6, 6.07) is 4.69. The largest absolute Gasteiger partial charge is 0.444 e. The van der Waals surface area contributed by atoms with E-state index >= 15 is 0 Å². The smallest absolute Gasteiger partial charge is 0.410 e. The number of halogens is 1. The Balaban J connectivity index is 2.16. The number of hydrogen-bond donors (Lipinski definition) is 1. The molecule has 1 aliphatic heterocycles. The molecule has 1 aromatic rings. The molecule has 2 atom stereocenters. The first kappa shape index (κ1) is 16.7. The van der Waals surface area contributed by atoms with Crippen molar-refractivity contribution in [2.45, 2.75) is 51.7 Å². The van der Waals surface area contributed by atoms with E-state index in [9.17, 15) is 9.18 Å². The van der Waals surface area contributed by atoms with Crippen molar-refractivity contribution in [1.29, 1.82) is 0 Å². The van der Waals surface area contributed by atoms with Crippen LogP contribution in [0.15, 0.2) is 18.2 Å². The molecule has 1 aromatic carbocycles. The van der Waals surface area contributed by atoms with Crippen molar-refractivity contribution < 1.29 is 13.9 Å². The topological polar surface area (TPSA) is 55.6 Å². The van der Waals surface area contributed by atoms with Gasteiger partial charge in [-0.3, -0.25) is 0 Å². The molecule has 1 saturated heterocycles. The molecule has 0 aliphatic carbocycles. The van der Waals surface area contributed by atoms with Gasteiger partial charge >= 0.3 is 6.09 Å². The van der Waals surface area contributed by atoms with E-state index in [1.165, 1.54) is 12.1 Å². The highest BCUT2D eigenvalue weighted by Gasteiger charge is 2.33. The molecule has 2 unspecified atom stereocenters. The Morgan fingerprint density at radius 2 is 2.09 bits per heavy atom. The van der Waals surface area contributed by atoms with Gasteiger partial charge in [-0.15, -0.1) is 0 Å². The monoisotopic (exact) mass is 308 g/mol. The Labute approximate surface area is 131 Å². The third kappa shape index (κ3) is 3.97. The molecule has 1 amide bonds. The number of amides is 1. The molecular formula is C17H25FN2O2. The van der Waals surface area contributed by atoms with Crippen LogP contribution in [0.25, 0.3) is 0 Å². The summed E-state index contributed by atoms with van der Waals surface area (Å²) in [6.45, 7) is 8.51. The number of nitrogens with zero attached hydrogens (tertiary/aromatic N) is 1. The maximum absolute atomic E-state index is 13.3. The quantitative estimate of drug-likeness (QED) is 0.867. The predicted molar refractivity (Wildman–Crippen MR) is 84.3 cm³/mol. The van der Waals surface area contributed by atoms with Crippen LogP contribution in [0.1, 0.15) is 44.2 Å². The molecule has 22 heavy (non-hydrogen) atoms. The Morgan fingerprint density at radius 3 is 2.68 bits per heavy atom. The van der Waals surface area contributed by atoms with Crippen LogP contribution in [0.3, 0.4) is 0 Å². The first-order valence-corrected chi connectivity index (χ1v) is 7.67. The molecule has 1 aliphatic rings. The van der Waals surface area contributed by atoms with Crippen molar-refractivity contribution in [3.05, 3.63) is 35.1 Å². The van der Waals surface area contributed by atoms with Crippen molar-refractivity contribution >= 4 is 6.09 Å². The van der Waals surface area contributed by atoms with Crippen LogP contribution in [-0.2, 0) is 4.74 Å². The predicted octanol–water partition coefficient (Wildman–Crippen LogP) is 3.19. The van der Waals surface area contributed by atoms with Gasteiger partial charge in [0.2, 0.25) is 0 Å². The number of piperidine rings is 1. The van der Waals surface area contributed by atoms with Crippen LogP contribution in [0.4, 0.5) is 9.18 Å². The zero-order valence-electron chi connectivity index (χ0n) is 13.7. The Hall–Kier alpha value is -1.62. The van der Waals surface area contributed by atoms with Gasteiger partial charge in [0.25, 0.3) is 0 Å². The number of carbonyl (C=O) groups excluding carboxylic acids is 1. The summed E-state index contributed by atoms with van der Waals surface area (Å²) in [5, 5.41) is 0. The first-order chi connectivity index (χ1) is 10.2. The SMILES string of the molecule is Cc1cc(F)ccc1C1CN(C(=O)OC(C)(C)C)CCC1N. The van der Waals surface area contributed by atoms with Crippen molar-refractivity contribution in [1.82, 2.24) is 4.90 Å². The highest BCUT2D eigenvalue weighted by atomic mass is 19.1. The number of rotatable bonds is 1. The Kier molecular flexibility index (Phi) is 4.75. The second kappa shape index (κ2) is 6.24. The second-order valence-electron chi connectivity index (χ2n) is 6.99. The fraction of sp³-hybridized carbons (Fsp3) is 0.588. The molecule has 0 bridgehead atoms. The summed E-state index contributed by atoms with van der Waals surface area (Å²) in [7, 11) is 0. The lowest BCUT2D eigenvalue weighted by atomic mass is 9.84. The van der Waals surface area contributed by atoms with Gasteiger partial charge in [-0.1, -0.05) is 6.07 Å². The van der Waals surface area contributed by atoms with Crippen LogP contribution in [0.2, 0.25) is 0 Å². The zero-order chi connectivity index (χ0) is 16.5. The van der Waals surface area contributed by atoms with E-state index < -0.39 is 5.60 Å². The summed E-state index contributed by atoms with van der Waals surface area (Å²) >= 11 is 0. The van der Waals surface area contributed by atoms with Gasteiger partial charge in [-0.2, -0.15) is 0 Å². The minimum Gasteiger partial charge on any atom is -0.444 e. The molecule has 122 valence electrons. The normalized spacial score (nSPS) is 22.5. The highest BCUT2D eigenvalue weighted by Crippen LogP contribution is 2.29. The van der Waals surface area contributed by atoms with Gasteiger partial charge in [0.15, 0.2) is 0 Å². The molecule has 5 heteroatoms. The number of ether oxygens (including phenoxy) is 1. The molecule has 2 N–H and O–H groups in total. The van der Waals surface area contributed by atoms with Crippen LogP contribution in [0, 0.1) is 12.7 Å². The molecule has 0 spiro atoms. The second-order valence-corrected chi connectivity index (χ2v) is 6.99. The van der Waals surface area contributed by atoms with Crippen molar-refractivity contribution in [3.63, 3.8) is 0 Å². The summed E-state index contributed by atoms with van der Waals surface area (Å²) in [5.41, 5.74) is 7.59. The third-order valence-electron chi connectivity index (χ3n) is 3.95. The van der Waals surface area contributed by atoms with Gasteiger partial charge < -0.3 is 15.4 Å². The van der Waals surface area contributed by atoms with Crippen molar-refractivity contribution in [3.8, 4) is 0 Å². The van der Waals surface area contributed by atoms with Gasteiger partial charge in [-0.25, -0.2) is 9.18 Å². The number of likely N-dealkylation sites (tertiary alicyclic amines) is 1. The zero-order valence-corrected chi connectivity index (χ0v) is 13.7. The standard InChI is InChI=1S/C17H25FN2O2/c1-11-9-12(18)5-6-13(11)14-10-20(8-7-15(14)19)16(21)22-17(2,3)4/h5-6,9,14-15H,7-8,10,19H2,1-4H3. The number of hydrogen-bond acceptors (Lipinski definition) is 3. The third-order valence-corrected chi connectivity index (χ3v) is 3.95. The molecule has 1 fully saturated rings. The molecule has 0 radical (unpaired) electrons. The van der Waals surface area contributed by atoms with E-state index in [1.807, 2.05) is 27.7 Å². The fourth-order valence-electron chi connectivity index (χ4n) is 2.85. The van der Waals surface area contributed by atoms with Gasteiger partial charge in [0.05, 0.1) is 0 Å². The number of benzene rings is 1. The summed E-state index contributed by atoms with van der Waals surface area (Å²) in [4.78, 5) is 13.9. The molecule has 0 saturated carbocycles. The van der Waals surface area contributed by atoms with E-state index in [-0.39, 0.29) is 23.9 Å². The highest BCUT2D eigenvalue weighted by molar-refractivity contribution is 5.68. The summed E-state index contributed by atoms with van der Waals surface area (Å²) in [5.74, 6) is -0.253. The molecule has 4 nitrogen and oxygen atoms in total. The van der Waals surface area contributed by atoms with E-state index in [2.05, 4.69) is 0 Å². The van der Waals surface area contributed by atoms with Crippen LogP contribution in [0.5, 0.6) is 0 Å². The lowest BCUT2D eigenvalue weighted by molar-refractivity contribution is 0.0186. The maximum atomic E-state index is 13.3. The van der Waals surface area contributed by atoms with E-state index in [0.29, 0.717) is 19.5 Å². The average Bonchev–Trinajstić information content (AvgIpc) is 2.38. The minimum absolute atomic E-state index is 0.00173. The Morgan fingerprint density at radius 1 is 1.41 bits per heavy atom. The molecular weight excluding hydrogens is 283 g/mol.